The van der Waals surface area contributed by atoms with Crippen LogP contribution in [0.15, 0.2) is 12.2 Å². The number of nitrogens with one attached hydrogen (secondary N) is 4. The van der Waals surface area contributed by atoms with Crippen LogP contribution in [0.1, 0.15) is 247 Å². The van der Waals surface area contributed by atoms with E-state index >= 15 is 0 Å². The van der Waals surface area contributed by atoms with Gasteiger partial charge in [0.2, 0.25) is 23.6 Å². The molecular formula is C96H166N4O47. The topological polar surface area (TPSA) is 820 Å². The first-order valence-electron chi connectivity index (χ1n) is 51.6. The first-order chi connectivity index (χ1) is 69.9. The molecule has 7 aliphatic heterocycles. The van der Waals surface area contributed by atoms with E-state index in [1.165, 1.54) is 70.6 Å². The zero-order chi connectivity index (χ0) is 109. The van der Waals surface area contributed by atoms with E-state index in [0.29, 0.717) is 12.8 Å². The Morgan fingerprint density at radius 1 is 0.381 bits per heavy atom. The number of carbonyl (C=O) groups is 8. The van der Waals surface area contributed by atoms with Gasteiger partial charge in [-0.05, 0) is 45.4 Å². The van der Waals surface area contributed by atoms with E-state index in [-0.39, 0.29) is 12.8 Å². The Hall–Kier alpha value is -5.74. The summed E-state index contributed by atoms with van der Waals surface area (Å²) in [5.74, 6) is -23.8. The van der Waals surface area contributed by atoms with Crippen molar-refractivity contribution in [3.63, 3.8) is 0 Å². The molecule has 147 heavy (non-hydrogen) atoms. The standard InChI is InChI=1S/C96H166N4O47/c1-7-9-11-13-15-17-19-21-22-24-26-28-30-32-34-36-66(118)100-54(55(112)35-33-31-29-27-25-23-20-18-16-14-12-10-8-2)48-134-88-76(125)75(124)80(64(46-106)137-88)140-90-78(127)86(147-96(93(132)133)40-58(115)69(99-52(6)111)84(145-96)74(123)63(45-105)142-94(91(128)129)38-56(113)67(97-50(4)109)82(143-94)70(119)59(116)41-101)81(65(47-107)138-90)141-87-53(37-49(3)108)79(72(121)61(43-103)135-87)139-89-77(126)85(73(122)62(44-104)136-89)146-95(92(130)131)39-57(114)68(98-51(5)110)83(144-95)71(120)60(117)42-102/h21-22,53-65,67-90,101-107,112-117,119-127H,7-20,23-48H2,1-6H3,(H,97,109)(H,98,110)(H,99,111)(H,100,118)(H,128,129)(H,130,131)(H,132,133). The van der Waals surface area contributed by atoms with E-state index in [0.717, 1.165) is 111 Å². The Labute approximate surface area is 853 Å². The highest BCUT2D eigenvalue weighted by atomic mass is 16.8. The van der Waals surface area contributed by atoms with Gasteiger partial charge in [-0.15, -0.1) is 0 Å². The fourth-order valence-electron chi connectivity index (χ4n) is 19.7. The van der Waals surface area contributed by atoms with Gasteiger partial charge >= 0.3 is 17.9 Å². The predicted molar refractivity (Wildman–Crippen MR) is 502 cm³/mol. The number of amides is 4. The minimum atomic E-state index is -3.79. The molecule has 51 heteroatoms. The molecule has 0 aliphatic carbocycles. The third-order valence-corrected chi connectivity index (χ3v) is 27.9. The van der Waals surface area contributed by atoms with Crippen LogP contribution >= 0.6 is 0 Å². The highest BCUT2D eigenvalue weighted by Crippen LogP contribution is 2.46. The molecule has 852 valence electrons. The Morgan fingerprint density at radius 2 is 0.748 bits per heavy atom. The molecule has 0 saturated carbocycles. The van der Waals surface area contributed by atoms with Crippen LogP contribution in [-0.4, -0.2) is 465 Å². The van der Waals surface area contributed by atoms with Crippen molar-refractivity contribution in [2.45, 2.75) is 485 Å². The second-order valence-electron chi connectivity index (χ2n) is 39.5. The molecule has 4 amide bonds. The minimum absolute atomic E-state index is 0.0590. The van der Waals surface area contributed by atoms with Crippen LogP contribution in [0.3, 0.4) is 0 Å². The quantitative estimate of drug-likeness (QED) is 0.0199. The zero-order valence-electron chi connectivity index (χ0n) is 84.5. The van der Waals surface area contributed by atoms with E-state index in [9.17, 15) is 166 Å². The van der Waals surface area contributed by atoms with Gasteiger partial charge in [-0.25, -0.2) is 14.4 Å². The lowest BCUT2D eigenvalue weighted by molar-refractivity contribution is -0.409. The first-order valence-corrected chi connectivity index (χ1v) is 51.6. The summed E-state index contributed by atoms with van der Waals surface area (Å²) in [4.78, 5) is 108. The number of aliphatic carboxylic acids is 3. The lowest BCUT2D eigenvalue weighted by Crippen LogP contribution is -2.72. The average molecular weight is 2130 g/mol. The predicted octanol–water partition coefficient (Wildman–Crippen LogP) is -5.60. The fraction of sp³-hybridized carbons (Fsp3) is 0.896. The van der Waals surface area contributed by atoms with Gasteiger partial charge in [0.15, 0.2) is 25.2 Å². The molecule has 40 unspecified atom stereocenters. The van der Waals surface area contributed by atoms with Crippen LogP contribution < -0.4 is 21.3 Å². The highest BCUT2D eigenvalue weighted by Gasteiger charge is 2.66. The number of hydrogen-bond acceptors (Lipinski definition) is 44. The Balaban J connectivity index is 1.26. The maximum absolute atomic E-state index is 14.7. The Bertz CT molecular complexity index is 3910. The number of Topliss-reactive ketones (excluding diaryl/α,β-unsaturated/α-hetero) is 1. The van der Waals surface area contributed by atoms with Crippen LogP contribution in [-0.2, 0) is 105 Å². The molecule has 7 saturated heterocycles. The Morgan fingerprint density at radius 3 is 1.18 bits per heavy atom. The first kappa shape index (κ1) is 128. The van der Waals surface area contributed by atoms with E-state index in [1.54, 1.807) is 0 Å². The molecule has 0 aromatic carbocycles. The van der Waals surface area contributed by atoms with Crippen LogP contribution in [0.25, 0.3) is 0 Å². The van der Waals surface area contributed by atoms with E-state index in [4.69, 9.17) is 66.3 Å². The van der Waals surface area contributed by atoms with Crippen molar-refractivity contribution >= 4 is 47.3 Å². The summed E-state index contributed by atoms with van der Waals surface area (Å²) in [5.41, 5.74) is 0. The van der Waals surface area contributed by atoms with Crippen molar-refractivity contribution < 1.29 is 232 Å². The summed E-state index contributed by atoms with van der Waals surface area (Å²) in [7, 11) is 0. The van der Waals surface area contributed by atoms with Gasteiger partial charge in [-0.1, -0.05) is 161 Å². The number of ether oxygens (including phenoxy) is 14. The summed E-state index contributed by atoms with van der Waals surface area (Å²) < 4.78 is 85.0. The van der Waals surface area contributed by atoms with E-state index in [1.807, 2.05) is 0 Å². The summed E-state index contributed by atoms with van der Waals surface area (Å²) >= 11 is 0. The molecule has 0 radical (unpaired) electrons. The number of aliphatic hydroxyl groups is 22. The van der Waals surface area contributed by atoms with E-state index < -0.39 is 369 Å². The van der Waals surface area contributed by atoms with Crippen LogP contribution in [0, 0.1) is 5.92 Å². The van der Waals surface area contributed by atoms with Gasteiger partial charge in [0, 0.05) is 58.8 Å². The van der Waals surface area contributed by atoms with Crippen LogP contribution in [0.4, 0.5) is 0 Å². The van der Waals surface area contributed by atoms with Crippen LogP contribution in [0.2, 0.25) is 0 Å². The minimum Gasteiger partial charge on any atom is -0.477 e. The number of carbonyl (C=O) groups excluding carboxylic acids is 5. The second-order valence-corrected chi connectivity index (χ2v) is 39.5. The van der Waals surface area contributed by atoms with Crippen molar-refractivity contribution in [3.05, 3.63) is 12.2 Å². The normalized spacial score (nSPS) is 35.5. The van der Waals surface area contributed by atoms with Gasteiger partial charge in [0.05, 0.1) is 108 Å². The van der Waals surface area contributed by atoms with Gasteiger partial charge in [-0.2, -0.15) is 0 Å². The molecule has 7 rings (SSSR count). The van der Waals surface area contributed by atoms with Crippen molar-refractivity contribution in [2.24, 2.45) is 5.92 Å². The summed E-state index contributed by atoms with van der Waals surface area (Å²) in [6, 6.07) is -7.00. The SMILES string of the molecule is CCCCCCCCC=CCCCCCCCC(=O)NC(COC1OC(CO)C(OC2OC(CO)C(OC3OC(CO)C(O)C(OC4OC(CO)C(O)C(OC5(C(=O)O)CC(O)C(NC(C)=O)C(C(O)C(O)CO)O5)C4O)C3CC(C)=O)C(OC3(C(=O)O)CC(O)C(NC(C)=O)C(C(O)C(CO)OC4(C(=O)O)CC(O)C(NC(C)=O)C(C(O)C(O)CO)O4)O3)C2O)C(O)C1O)C(O)CCCCCCCCCCCCCCC. The fourth-order valence-corrected chi connectivity index (χ4v) is 19.7. The van der Waals surface area contributed by atoms with Crippen molar-refractivity contribution in [2.75, 3.05) is 52.9 Å². The average Bonchev–Trinajstić information content (AvgIpc) is 0.736. The van der Waals surface area contributed by atoms with E-state index in [2.05, 4.69) is 47.3 Å². The molecule has 7 aliphatic rings. The zero-order valence-corrected chi connectivity index (χ0v) is 84.5. The molecule has 40 atom stereocenters. The van der Waals surface area contributed by atoms with Gasteiger partial charge in [0.1, 0.15) is 146 Å². The summed E-state index contributed by atoms with van der Waals surface area (Å²) in [5, 5.41) is 296. The monoisotopic (exact) mass is 2130 g/mol. The number of unbranched alkanes of at least 4 members (excludes halogenated alkanes) is 23. The maximum atomic E-state index is 14.7. The molecule has 51 nitrogen and oxygen atoms in total. The van der Waals surface area contributed by atoms with Gasteiger partial charge < -0.3 is 220 Å². The lowest BCUT2D eigenvalue weighted by atomic mass is 9.86. The molecule has 7 fully saturated rings. The van der Waals surface area contributed by atoms with Gasteiger partial charge in [-0.3, -0.25) is 19.2 Å². The molecular weight excluding hydrogens is 1960 g/mol. The Kier molecular flexibility index (Phi) is 55.2. The van der Waals surface area contributed by atoms with Crippen molar-refractivity contribution in [3.8, 4) is 0 Å². The number of rotatable bonds is 67. The smallest absolute Gasteiger partial charge is 0.364 e. The molecule has 29 N–H and O–H groups in total. The molecule has 0 spiro atoms. The number of hydrogen-bond donors (Lipinski definition) is 29. The number of aliphatic hydroxyl groups excluding tert-OH is 22. The number of ketones is 1. The highest BCUT2D eigenvalue weighted by molar-refractivity contribution is 5.79. The number of allylic oxidation sites excluding steroid dienone is 2. The summed E-state index contributed by atoms with van der Waals surface area (Å²) in [6.45, 7) is -2.01. The largest absolute Gasteiger partial charge is 0.477 e. The van der Waals surface area contributed by atoms with Gasteiger partial charge in [0.25, 0.3) is 17.4 Å². The van der Waals surface area contributed by atoms with Crippen LogP contribution in [0.5, 0.6) is 0 Å². The molecule has 7 heterocycles. The summed E-state index contributed by atoms with van der Waals surface area (Å²) in [6.07, 6.45) is -48.8. The molecule has 0 aromatic heterocycles. The third kappa shape index (κ3) is 36.2. The molecule has 0 aromatic rings. The molecule has 0 bridgehead atoms. The maximum Gasteiger partial charge on any atom is 0.364 e. The lowest BCUT2D eigenvalue weighted by Gasteiger charge is -2.53. The van der Waals surface area contributed by atoms with Crippen molar-refractivity contribution in [1.82, 2.24) is 21.3 Å². The third-order valence-electron chi connectivity index (χ3n) is 27.9. The van der Waals surface area contributed by atoms with Crippen molar-refractivity contribution in [1.29, 1.82) is 0 Å². The second kappa shape index (κ2) is 63.3. The number of carboxylic acid groups (broad SMARTS) is 3. The number of carboxylic acids is 3.